The summed E-state index contributed by atoms with van der Waals surface area (Å²) < 4.78 is 17.7. The first-order chi connectivity index (χ1) is 9.83. The van der Waals surface area contributed by atoms with Crippen molar-refractivity contribution < 1.29 is 14.2 Å². The van der Waals surface area contributed by atoms with Gasteiger partial charge in [-0.2, -0.15) is 0 Å². The van der Waals surface area contributed by atoms with Crippen molar-refractivity contribution in [1.82, 2.24) is 5.32 Å². The monoisotopic (exact) mass is 283 g/mol. The number of nitrogens with one attached hydrogen (secondary N) is 1. The summed E-state index contributed by atoms with van der Waals surface area (Å²) in [5.41, 5.74) is 0.213. The van der Waals surface area contributed by atoms with E-state index in [1.807, 2.05) is 0 Å². The number of hydrogen-bond donors (Lipinski definition) is 1. The van der Waals surface area contributed by atoms with Gasteiger partial charge in [0.2, 0.25) is 0 Å². The van der Waals surface area contributed by atoms with E-state index >= 15 is 0 Å². The van der Waals surface area contributed by atoms with Crippen LogP contribution in [-0.4, -0.2) is 50.7 Å². The minimum Gasteiger partial charge on any atom is -0.376 e. The fourth-order valence-corrected chi connectivity index (χ4v) is 3.92. The SMILES string of the molecule is CCCNC(C1CCOC2(CCC2)C1)C1COCCO1. The molecule has 0 radical (unpaired) electrons. The molecule has 4 heteroatoms. The zero-order chi connectivity index (χ0) is 13.8. The quantitative estimate of drug-likeness (QED) is 0.839. The van der Waals surface area contributed by atoms with E-state index in [1.54, 1.807) is 0 Å². The Hall–Kier alpha value is -0.160. The molecule has 3 atom stereocenters. The average Bonchev–Trinajstić information content (AvgIpc) is 2.47. The van der Waals surface area contributed by atoms with E-state index in [0.717, 1.165) is 39.4 Å². The van der Waals surface area contributed by atoms with Crippen LogP contribution in [0.2, 0.25) is 0 Å². The maximum Gasteiger partial charge on any atom is 0.0964 e. The van der Waals surface area contributed by atoms with Crippen LogP contribution in [-0.2, 0) is 14.2 Å². The van der Waals surface area contributed by atoms with Crippen LogP contribution >= 0.6 is 0 Å². The second-order valence-corrected chi connectivity index (χ2v) is 6.60. The minimum atomic E-state index is 0.213. The predicted octanol–water partition coefficient (Wildman–Crippen LogP) is 2.12. The fourth-order valence-electron chi connectivity index (χ4n) is 3.92. The second-order valence-electron chi connectivity index (χ2n) is 6.60. The first-order valence-electron chi connectivity index (χ1n) is 8.40. The van der Waals surface area contributed by atoms with E-state index < -0.39 is 0 Å². The largest absolute Gasteiger partial charge is 0.376 e. The molecule has 3 rings (SSSR count). The van der Waals surface area contributed by atoms with Gasteiger partial charge in [-0.05, 0) is 51.0 Å². The smallest absolute Gasteiger partial charge is 0.0964 e. The van der Waals surface area contributed by atoms with Crippen molar-refractivity contribution >= 4 is 0 Å². The molecule has 0 bridgehead atoms. The molecule has 1 spiro atoms. The van der Waals surface area contributed by atoms with Gasteiger partial charge in [-0.1, -0.05) is 6.92 Å². The summed E-state index contributed by atoms with van der Waals surface area (Å²) in [6, 6.07) is 0.427. The summed E-state index contributed by atoms with van der Waals surface area (Å²) in [6.07, 6.45) is 7.59. The third kappa shape index (κ3) is 3.19. The Balaban J connectivity index is 1.63. The fraction of sp³-hybridized carbons (Fsp3) is 1.00. The lowest BCUT2D eigenvalue weighted by atomic mass is 9.70. The Morgan fingerprint density at radius 2 is 2.15 bits per heavy atom. The summed E-state index contributed by atoms with van der Waals surface area (Å²) in [7, 11) is 0. The molecular weight excluding hydrogens is 254 g/mol. The molecule has 1 N–H and O–H groups in total. The van der Waals surface area contributed by atoms with Crippen LogP contribution in [0, 0.1) is 5.92 Å². The van der Waals surface area contributed by atoms with Gasteiger partial charge >= 0.3 is 0 Å². The highest BCUT2D eigenvalue weighted by molar-refractivity contribution is 4.98. The summed E-state index contributed by atoms with van der Waals surface area (Å²) in [5, 5.41) is 3.73. The predicted molar refractivity (Wildman–Crippen MR) is 77.9 cm³/mol. The van der Waals surface area contributed by atoms with Crippen LogP contribution in [0.3, 0.4) is 0 Å². The third-order valence-electron chi connectivity index (χ3n) is 5.18. The van der Waals surface area contributed by atoms with E-state index in [9.17, 15) is 0 Å². The van der Waals surface area contributed by atoms with Crippen molar-refractivity contribution in [2.75, 3.05) is 33.0 Å². The van der Waals surface area contributed by atoms with Crippen molar-refractivity contribution in [2.24, 2.45) is 5.92 Å². The van der Waals surface area contributed by atoms with Crippen molar-refractivity contribution in [2.45, 2.75) is 63.2 Å². The van der Waals surface area contributed by atoms with E-state index in [1.165, 1.54) is 32.1 Å². The molecule has 2 saturated heterocycles. The van der Waals surface area contributed by atoms with Crippen molar-refractivity contribution in [3.05, 3.63) is 0 Å². The molecule has 3 aliphatic rings. The van der Waals surface area contributed by atoms with Gasteiger partial charge in [0.1, 0.15) is 0 Å². The van der Waals surface area contributed by atoms with Gasteiger partial charge in [0.05, 0.1) is 31.5 Å². The molecule has 116 valence electrons. The normalized spacial score (nSPS) is 34.6. The molecule has 3 fully saturated rings. The highest BCUT2D eigenvalue weighted by Crippen LogP contribution is 2.45. The molecule has 1 saturated carbocycles. The molecule has 20 heavy (non-hydrogen) atoms. The van der Waals surface area contributed by atoms with Gasteiger partial charge < -0.3 is 19.5 Å². The Morgan fingerprint density at radius 1 is 1.25 bits per heavy atom. The number of rotatable bonds is 5. The third-order valence-corrected chi connectivity index (χ3v) is 5.18. The van der Waals surface area contributed by atoms with Crippen LogP contribution in [0.25, 0.3) is 0 Å². The highest BCUT2D eigenvalue weighted by atomic mass is 16.6. The number of hydrogen-bond acceptors (Lipinski definition) is 4. The Labute approximate surface area is 122 Å². The Bertz CT molecular complexity index is 300. The molecule has 0 aromatic carbocycles. The van der Waals surface area contributed by atoms with Gasteiger partial charge in [0.25, 0.3) is 0 Å². The summed E-state index contributed by atoms with van der Waals surface area (Å²) in [6.45, 7) is 6.43. The van der Waals surface area contributed by atoms with Crippen LogP contribution in [0.4, 0.5) is 0 Å². The van der Waals surface area contributed by atoms with Gasteiger partial charge in [0.15, 0.2) is 0 Å². The highest BCUT2D eigenvalue weighted by Gasteiger charge is 2.45. The average molecular weight is 283 g/mol. The lowest BCUT2D eigenvalue weighted by molar-refractivity contribution is -0.163. The standard InChI is InChI=1S/C16H29NO3/c1-2-7-17-15(14-12-18-9-10-19-14)13-4-8-20-16(11-13)5-3-6-16/h13-15,17H,2-12H2,1H3. The summed E-state index contributed by atoms with van der Waals surface area (Å²) in [5.74, 6) is 0.669. The first kappa shape index (κ1) is 14.8. The molecule has 2 aliphatic heterocycles. The molecular formula is C16H29NO3. The van der Waals surface area contributed by atoms with Gasteiger partial charge in [-0.25, -0.2) is 0 Å². The van der Waals surface area contributed by atoms with Crippen LogP contribution < -0.4 is 5.32 Å². The minimum absolute atomic E-state index is 0.213. The summed E-state index contributed by atoms with van der Waals surface area (Å²) in [4.78, 5) is 0. The van der Waals surface area contributed by atoms with Crippen molar-refractivity contribution in [3.63, 3.8) is 0 Å². The maximum atomic E-state index is 6.07. The zero-order valence-corrected chi connectivity index (χ0v) is 12.7. The lowest BCUT2D eigenvalue weighted by Crippen LogP contribution is -2.56. The Kier molecular flexibility index (Phi) is 4.97. The molecule has 2 heterocycles. The van der Waals surface area contributed by atoms with E-state index in [-0.39, 0.29) is 11.7 Å². The molecule has 1 aliphatic carbocycles. The first-order valence-corrected chi connectivity index (χ1v) is 8.40. The molecule has 4 nitrogen and oxygen atoms in total. The maximum absolute atomic E-state index is 6.07. The van der Waals surface area contributed by atoms with Gasteiger partial charge in [-0.3, -0.25) is 0 Å². The van der Waals surface area contributed by atoms with Crippen LogP contribution in [0.1, 0.15) is 45.4 Å². The van der Waals surface area contributed by atoms with Crippen molar-refractivity contribution in [3.8, 4) is 0 Å². The number of ether oxygens (including phenoxy) is 3. The molecule has 0 amide bonds. The van der Waals surface area contributed by atoms with E-state index in [4.69, 9.17) is 14.2 Å². The molecule has 3 unspecified atom stereocenters. The second kappa shape index (κ2) is 6.73. The summed E-state index contributed by atoms with van der Waals surface area (Å²) >= 11 is 0. The van der Waals surface area contributed by atoms with Crippen LogP contribution in [0.15, 0.2) is 0 Å². The molecule has 0 aromatic heterocycles. The lowest BCUT2D eigenvalue weighted by Gasteiger charge is -2.50. The van der Waals surface area contributed by atoms with E-state index in [0.29, 0.717) is 12.0 Å². The van der Waals surface area contributed by atoms with Gasteiger partial charge in [0, 0.05) is 12.6 Å². The van der Waals surface area contributed by atoms with Crippen molar-refractivity contribution in [1.29, 1.82) is 0 Å². The van der Waals surface area contributed by atoms with E-state index in [2.05, 4.69) is 12.2 Å². The van der Waals surface area contributed by atoms with Crippen LogP contribution in [0.5, 0.6) is 0 Å². The Morgan fingerprint density at radius 3 is 2.80 bits per heavy atom. The topological polar surface area (TPSA) is 39.7 Å². The zero-order valence-electron chi connectivity index (χ0n) is 12.7. The molecule has 0 aromatic rings. The van der Waals surface area contributed by atoms with Gasteiger partial charge in [-0.15, -0.1) is 0 Å².